The number of hydrogen-bond acceptors (Lipinski definition) is 3. The third-order valence-corrected chi connectivity index (χ3v) is 5.99. The molecule has 1 unspecified atom stereocenters. The molecule has 0 aromatic heterocycles. The Labute approximate surface area is 144 Å². The molecule has 0 radical (unpaired) electrons. The first-order valence-corrected chi connectivity index (χ1v) is 9.20. The predicted molar refractivity (Wildman–Crippen MR) is 88.7 cm³/mol. The lowest BCUT2D eigenvalue weighted by molar-refractivity contribution is -0.137. The highest BCUT2D eigenvalue weighted by Gasteiger charge is 2.34. The molecular formula is C17H17F3N2O2S. The van der Waals surface area contributed by atoms with Crippen LogP contribution in [0.5, 0.6) is 0 Å². The molecule has 0 aliphatic carbocycles. The molecule has 1 fully saturated rings. The van der Waals surface area contributed by atoms with Crippen molar-refractivity contribution in [2.24, 2.45) is 0 Å². The average Bonchev–Trinajstić information content (AvgIpc) is 3.04. The first-order valence-electron chi connectivity index (χ1n) is 7.76. The van der Waals surface area contributed by atoms with Crippen molar-refractivity contribution in [3.63, 3.8) is 0 Å². The van der Waals surface area contributed by atoms with Crippen LogP contribution < -0.4 is 5.32 Å². The summed E-state index contributed by atoms with van der Waals surface area (Å²) in [5, 5.41) is 3.27. The van der Waals surface area contributed by atoms with Gasteiger partial charge < -0.3 is 5.32 Å². The fourth-order valence-corrected chi connectivity index (χ4v) is 4.30. The lowest BCUT2D eigenvalue weighted by Crippen LogP contribution is -2.31. The normalized spacial score (nSPS) is 19.1. The summed E-state index contributed by atoms with van der Waals surface area (Å²) >= 11 is 0. The SMILES string of the molecule is O=S(=O)(c1ccc(C(F)(F)F)cc1)N1CCC(Nc2ccccc2)C1. The number of para-hydroxylation sites is 1. The van der Waals surface area contributed by atoms with Crippen molar-refractivity contribution in [1.29, 1.82) is 0 Å². The highest BCUT2D eigenvalue weighted by molar-refractivity contribution is 7.89. The molecule has 8 heteroatoms. The summed E-state index contributed by atoms with van der Waals surface area (Å²) in [6.45, 7) is 0.603. The maximum atomic E-state index is 12.6. The van der Waals surface area contributed by atoms with Crippen molar-refractivity contribution in [3.8, 4) is 0 Å². The summed E-state index contributed by atoms with van der Waals surface area (Å²) in [5.74, 6) is 0. The summed E-state index contributed by atoms with van der Waals surface area (Å²) in [7, 11) is -3.80. The van der Waals surface area contributed by atoms with Gasteiger partial charge in [-0.3, -0.25) is 0 Å². The fraction of sp³-hybridized carbons (Fsp3) is 0.294. The summed E-state index contributed by atoms with van der Waals surface area (Å²) in [4.78, 5) is -0.124. The lowest BCUT2D eigenvalue weighted by Gasteiger charge is -2.18. The predicted octanol–water partition coefficient (Wildman–Crippen LogP) is 3.58. The number of alkyl halides is 3. The van der Waals surface area contributed by atoms with E-state index in [1.165, 1.54) is 4.31 Å². The van der Waals surface area contributed by atoms with Gasteiger partial charge in [-0.1, -0.05) is 18.2 Å². The zero-order chi connectivity index (χ0) is 18.1. The molecular weight excluding hydrogens is 353 g/mol. The molecule has 1 N–H and O–H groups in total. The van der Waals surface area contributed by atoms with Crippen LogP contribution in [0, 0.1) is 0 Å². The Bertz CT molecular complexity index is 821. The highest BCUT2D eigenvalue weighted by atomic mass is 32.2. The minimum Gasteiger partial charge on any atom is -0.381 e. The highest BCUT2D eigenvalue weighted by Crippen LogP contribution is 2.30. The Balaban J connectivity index is 1.71. The largest absolute Gasteiger partial charge is 0.416 e. The third-order valence-electron chi connectivity index (χ3n) is 4.11. The fourth-order valence-electron chi connectivity index (χ4n) is 2.80. The van der Waals surface area contributed by atoms with Crippen molar-refractivity contribution in [2.45, 2.75) is 23.5 Å². The van der Waals surface area contributed by atoms with E-state index in [4.69, 9.17) is 0 Å². The molecule has 0 saturated carbocycles. The van der Waals surface area contributed by atoms with Gasteiger partial charge >= 0.3 is 6.18 Å². The van der Waals surface area contributed by atoms with E-state index in [9.17, 15) is 21.6 Å². The van der Waals surface area contributed by atoms with Gasteiger partial charge in [0.25, 0.3) is 0 Å². The van der Waals surface area contributed by atoms with Crippen molar-refractivity contribution in [2.75, 3.05) is 18.4 Å². The van der Waals surface area contributed by atoms with Crippen LogP contribution in [0.25, 0.3) is 0 Å². The van der Waals surface area contributed by atoms with E-state index in [0.29, 0.717) is 13.0 Å². The third kappa shape index (κ3) is 3.96. The van der Waals surface area contributed by atoms with E-state index in [1.807, 2.05) is 30.3 Å². The van der Waals surface area contributed by atoms with Crippen LogP contribution in [-0.4, -0.2) is 31.9 Å². The van der Waals surface area contributed by atoms with E-state index in [1.54, 1.807) is 0 Å². The molecule has 3 rings (SSSR count). The van der Waals surface area contributed by atoms with Crippen molar-refractivity contribution in [1.82, 2.24) is 4.31 Å². The topological polar surface area (TPSA) is 49.4 Å². The number of sulfonamides is 1. The molecule has 1 aliphatic heterocycles. The second-order valence-electron chi connectivity index (χ2n) is 5.88. The molecule has 134 valence electrons. The minimum atomic E-state index is -4.49. The van der Waals surface area contributed by atoms with Crippen LogP contribution in [0.2, 0.25) is 0 Å². The molecule has 1 atom stereocenters. The van der Waals surface area contributed by atoms with E-state index in [2.05, 4.69) is 5.32 Å². The lowest BCUT2D eigenvalue weighted by atomic mass is 10.2. The molecule has 2 aromatic rings. The molecule has 1 saturated heterocycles. The summed E-state index contributed by atoms with van der Waals surface area (Å²) in [6.07, 6.45) is -3.85. The number of halogens is 3. The van der Waals surface area contributed by atoms with Crippen molar-refractivity contribution in [3.05, 3.63) is 60.2 Å². The van der Waals surface area contributed by atoms with Gasteiger partial charge in [0, 0.05) is 24.8 Å². The summed E-state index contributed by atoms with van der Waals surface area (Å²) in [5.41, 5.74) is 0.0396. The van der Waals surface area contributed by atoms with Gasteiger partial charge in [-0.25, -0.2) is 8.42 Å². The van der Waals surface area contributed by atoms with Gasteiger partial charge in [0.05, 0.1) is 10.5 Å². The zero-order valence-electron chi connectivity index (χ0n) is 13.2. The first-order chi connectivity index (χ1) is 11.8. The van der Waals surface area contributed by atoms with Crippen molar-refractivity contribution >= 4 is 15.7 Å². The van der Waals surface area contributed by atoms with Crippen LogP contribution in [-0.2, 0) is 16.2 Å². The second-order valence-corrected chi connectivity index (χ2v) is 7.82. The molecule has 1 aliphatic rings. The Kier molecular flexibility index (Phi) is 4.75. The Morgan fingerprint density at radius 3 is 2.24 bits per heavy atom. The van der Waals surface area contributed by atoms with E-state index >= 15 is 0 Å². The molecule has 25 heavy (non-hydrogen) atoms. The average molecular weight is 370 g/mol. The van der Waals surface area contributed by atoms with Crippen molar-refractivity contribution < 1.29 is 21.6 Å². The summed E-state index contributed by atoms with van der Waals surface area (Å²) < 4.78 is 64.3. The smallest absolute Gasteiger partial charge is 0.381 e. The monoisotopic (exact) mass is 370 g/mol. The van der Waals surface area contributed by atoms with Gasteiger partial charge in [0.1, 0.15) is 0 Å². The molecule has 0 bridgehead atoms. The van der Waals surface area contributed by atoms with Gasteiger partial charge in [-0.2, -0.15) is 17.5 Å². The van der Waals surface area contributed by atoms with Gasteiger partial charge in [0.15, 0.2) is 0 Å². The minimum absolute atomic E-state index is 0.0355. The van der Waals surface area contributed by atoms with Gasteiger partial charge in [-0.15, -0.1) is 0 Å². The van der Waals surface area contributed by atoms with Crippen LogP contribution in [0.3, 0.4) is 0 Å². The number of nitrogens with zero attached hydrogens (tertiary/aromatic N) is 1. The number of anilines is 1. The molecule has 1 heterocycles. The maximum Gasteiger partial charge on any atom is 0.416 e. The van der Waals surface area contributed by atoms with Gasteiger partial charge in [0.2, 0.25) is 10.0 Å². The zero-order valence-corrected chi connectivity index (χ0v) is 14.0. The quantitative estimate of drug-likeness (QED) is 0.895. The van der Waals surface area contributed by atoms with E-state index in [0.717, 1.165) is 30.0 Å². The first kappa shape index (κ1) is 17.8. The van der Waals surface area contributed by atoms with E-state index < -0.39 is 21.8 Å². The number of rotatable bonds is 4. The van der Waals surface area contributed by atoms with Crippen LogP contribution >= 0.6 is 0 Å². The maximum absolute atomic E-state index is 12.6. The van der Waals surface area contributed by atoms with Gasteiger partial charge in [-0.05, 0) is 42.8 Å². The number of nitrogens with one attached hydrogen (secondary N) is 1. The van der Waals surface area contributed by atoms with Crippen LogP contribution in [0.4, 0.5) is 18.9 Å². The Morgan fingerprint density at radius 2 is 1.64 bits per heavy atom. The molecule has 0 amide bonds. The number of hydrogen-bond donors (Lipinski definition) is 1. The Hall–Kier alpha value is -2.06. The van der Waals surface area contributed by atoms with E-state index in [-0.39, 0.29) is 17.5 Å². The molecule has 0 spiro atoms. The summed E-state index contributed by atoms with van der Waals surface area (Å²) in [6, 6.07) is 13.0. The number of benzene rings is 2. The van der Waals surface area contributed by atoms with Crippen LogP contribution in [0.15, 0.2) is 59.5 Å². The standard InChI is InChI=1S/C17H17F3N2O2S/c18-17(19,20)13-6-8-16(9-7-13)25(23,24)22-11-10-15(12-22)21-14-4-2-1-3-5-14/h1-9,15,21H,10-12H2. The second kappa shape index (κ2) is 6.68. The molecule has 2 aromatic carbocycles. The Morgan fingerprint density at radius 1 is 1.00 bits per heavy atom. The van der Waals surface area contributed by atoms with Crippen LogP contribution in [0.1, 0.15) is 12.0 Å². The molecule has 4 nitrogen and oxygen atoms in total.